The number of nitrogens with one attached hydrogen (secondary N) is 2. The molecule has 0 radical (unpaired) electrons. The van der Waals surface area contributed by atoms with E-state index in [4.69, 9.17) is 12.2 Å². The van der Waals surface area contributed by atoms with Gasteiger partial charge in [0.2, 0.25) is 5.91 Å². The standard InChI is InChI=1S/C18H34N2OS/c1-3-5-6-7-8-9-10-11-12-13-14-15-17(21)20-18(22)19-16-4-2/h4H,2-3,5-16H2,1H3,(H2,19,20,21,22). The van der Waals surface area contributed by atoms with Crippen LogP contribution in [-0.2, 0) is 4.79 Å². The topological polar surface area (TPSA) is 41.1 Å². The molecule has 22 heavy (non-hydrogen) atoms. The first kappa shape index (κ1) is 21.1. The van der Waals surface area contributed by atoms with Crippen LogP contribution in [0.4, 0.5) is 0 Å². The first-order valence-corrected chi connectivity index (χ1v) is 9.30. The van der Waals surface area contributed by atoms with Crippen LogP contribution in [-0.4, -0.2) is 17.6 Å². The summed E-state index contributed by atoms with van der Waals surface area (Å²) in [4.78, 5) is 11.6. The molecule has 4 heteroatoms. The lowest BCUT2D eigenvalue weighted by Gasteiger charge is -2.07. The van der Waals surface area contributed by atoms with E-state index in [1.54, 1.807) is 6.08 Å². The Labute approximate surface area is 142 Å². The van der Waals surface area contributed by atoms with Crippen molar-refractivity contribution in [3.8, 4) is 0 Å². The van der Waals surface area contributed by atoms with Gasteiger partial charge in [0.25, 0.3) is 0 Å². The summed E-state index contributed by atoms with van der Waals surface area (Å²) in [6.07, 6.45) is 16.5. The highest BCUT2D eigenvalue weighted by Crippen LogP contribution is 2.11. The van der Waals surface area contributed by atoms with Crippen LogP contribution in [0.5, 0.6) is 0 Å². The summed E-state index contributed by atoms with van der Waals surface area (Å²) in [5.41, 5.74) is 0. The minimum atomic E-state index is 0.0116. The molecule has 128 valence electrons. The van der Waals surface area contributed by atoms with Crippen LogP contribution in [0.1, 0.15) is 84.0 Å². The van der Waals surface area contributed by atoms with Crippen LogP contribution in [0.15, 0.2) is 12.7 Å². The van der Waals surface area contributed by atoms with Crippen molar-refractivity contribution in [2.24, 2.45) is 0 Å². The maximum atomic E-state index is 11.6. The predicted molar refractivity (Wildman–Crippen MR) is 100 cm³/mol. The molecular weight excluding hydrogens is 292 g/mol. The first-order chi connectivity index (χ1) is 10.7. The van der Waals surface area contributed by atoms with Crippen LogP contribution in [0, 0.1) is 0 Å². The van der Waals surface area contributed by atoms with Gasteiger partial charge in [-0.05, 0) is 18.6 Å². The summed E-state index contributed by atoms with van der Waals surface area (Å²) in [7, 11) is 0. The highest BCUT2D eigenvalue weighted by atomic mass is 32.1. The summed E-state index contributed by atoms with van der Waals surface area (Å²) in [6, 6.07) is 0. The van der Waals surface area contributed by atoms with E-state index in [1.807, 2.05) is 0 Å². The summed E-state index contributed by atoms with van der Waals surface area (Å²) in [5.74, 6) is 0.0116. The van der Waals surface area contributed by atoms with E-state index in [-0.39, 0.29) is 5.91 Å². The molecule has 0 atom stereocenters. The second-order valence-corrected chi connectivity index (χ2v) is 6.24. The highest BCUT2D eigenvalue weighted by molar-refractivity contribution is 7.80. The Morgan fingerprint density at radius 1 is 0.955 bits per heavy atom. The Morgan fingerprint density at radius 3 is 1.95 bits per heavy atom. The molecule has 0 spiro atoms. The largest absolute Gasteiger partial charge is 0.359 e. The Balaban J connectivity index is 3.26. The third-order valence-electron chi connectivity index (χ3n) is 3.67. The molecule has 0 aromatic carbocycles. The number of carbonyl (C=O) groups is 1. The monoisotopic (exact) mass is 326 g/mol. The van der Waals surface area contributed by atoms with Crippen molar-refractivity contribution in [2.75, 3.05) is 6.54 Å². The van der Waals surface area contributed by atoms with Crippen LogP contribution in [0.3, 0.4) is 0 Å². The van der Waals surface area contributed by atoms with Crippen LogP contribution < -0.4 is 10.6 Å². The fraction of sp³-hybridized carbons (Fsp3) is 0.778. The zero-order chi connectivity index (χ0) is 16.5. The van der Waals surface area contributed by atoms with Gasteiger partial charge in [-0.1, -0.05) is 77.2 Å². The zero-order valence-corrected chi connectivity index (χ0v) is 15.1. The normalized spacial score (nSPS) is 10.2. The molecule has 0 aromatic rings. The smallest absolute Gasteiger partial charge is 0.226 e. The van der Waals surface area contributed by atoms with Crippen molar-refractivity contribution in [1.82, 2.24) is 10.6 Å². The van der Waals surface area contributed by atoms with Gasteiger partial charge in [-0.2, -0.15) is 0 Å². The van der Waals surface area contributed by atoms with Gasteiger partial charge < -0.3 is 10.6 Å². The molecule has 0 aliphatic heterocycles. The summed E-state index contributed by atoms with van der Waals surface area (Å²) in [5, 5.41) is 5.97. The summed E-state index contributed by atoms with van der Waals surface area (Å²) in [6.45, 7) is 6.42. The van der Waals surface area contributed by atoms with Gasteiger partial charge in [0.1, 0.15) is 0 Å². The average Bonchev–Trinajstić information content (AvgIpc) is 2.50. The molecule has 2 N–H and O–H groups in total. The number of thiocarbonyl (C=S) groups is 1. The minimum absolute atomic E-state index is 0.0116. The Morgan fingerprint density at radius 2 is 1.45 bits per heavy atom. The summed E-state index contributed by atoms with van der Waals surface area (Å²) >= 11 is 4.99. The molecular formula is C18H34N2OS. The molecule has 0 heterocycles. The van der Waals surface area contributed by atoms with Crippen molar-refractivity contribution in [2.45, 2.75) is 84.0 Å². The van der Waals surface area contributed by atoms with Crippen LogP contribution >= 0.6 is 12.2 Å². The molecule has 0 bridgehead atoms. The predicted octanol–water partition coefficient (Wildman–Crippen LogP) is 4.86. The molecule has 3 nitrogen and oxygen atoms in total. The molecule has 0 unspecified atom stereocenters. The molecule has 0 saturated heterocycles. The lowest BCUT2D eigenvalue weighted by atomic mass is 10.1. The highest BCUT2D eigenvalue weighted by Gasteiger charge is 2.03. The van der Waals surface area contributed by atoms with Crippen LogP contribution in [0.2, 0.25) is 0 Å². The quantitative estimate of drug-likeness (QED) is 0.272. The van der Waals surface area contributed by atoms with E-state index >= 15 is 0 Å². The number of hydrogen-bond acceptors (Lipinski definition) is 2. The number of amides is 1. The van der Waals surface area contributed by atoms with E-state index < -0.39 is 0 Å². The number of rotatable bonds is 14. The van der Waals surface area contributed by atoms with Crippen molar-refractivity contribution < 1.29 is 4.79 Å². The van der Waals surface area contributed by atoms with E-state index in [1.165, 1.54) is 57.8 Å². The van der Waals surface area contributed by atoms with Gasteiger partial charge in [-0.25, -0.2) is 0 Å². The van der Waals surface area contributed by atoms with Gasteiger partial charge in [-0.15, -0.1) is 6.58 Å². The van der Waals surface area contributed by atoms with Gasteiger partial charge >= 0.3 is 0 Å². The average molecular weight is 327 g/mol. The number of unbranched alkanes of at least 4 members (excludes halogenated alkanes) is 10. The molecule has 0 aliphatic carbocycles. The first-order valence-electron chi connectivity index (χ1n) is 8.89. The van der Waals surface area contributed by atoms with Gasteiger partial charge in [0, 0.05) is 13.0 Å². The van der Waals surface area contributed by atoms with E-state index in [2.05, 4.69) is 24.1 Å². The molecule has 0 saturated carbocycles. The van der Waals surface area contributed by atoms with Gasteiger partial charge in [0.15, 0.2) is 5.11 Å². The van der Waals surface area contributed by atoms with E-state index in [0.717, 1.165) is 12.8 Å². The number of carbonyl (C=O) groups excluding carboxylic acids is 1. The molecule has 1 amide bonds. The minimum Gasteiger partial charge on any atom is -0.359 e. The van der Waals surface area contributed by atoms with Crippen LogP contribution in [0.25, 0.3) is 0 Å². The number of hydrogen-bond donors (Lipinski definition) is 2. The van der Waals surface area contributed by atoms with Crippen molar-refractivity contribution in [3.05, 3.63) is 12.7 Å². The van der Waals surface area contributed by atoms with Crippen molar-refractivity contribution >= 4 is 23.2 Å². The zero-order valence-electron chi connectivity index (χ0n) is 14.3. The third kappa shape index (κ3) is 15.5. The Hall–Kier alpha value is -0.900. The third-order valence-corrected chi connectivity index (χ3v) is 3.91. The maximum Gasteiger partial charge on any atom is 0.226 e. The maximum absolute atomic E-state index is 11.6. The molecule has 0 aliphatic rings. The van der Waals surface area contributed by atoms with Gasteiger partial charge in [-0.3, -0.25) is 4.79 Å². The molecule has 0 aromatic heterocycles. The van der Waals surface area contributed by atoms with Crippen molar-refractivity contribution in [1.29, 1.82) is 0 Å². The fourth-order valence-corrected chi connectivity index (χ4v) is 2.55. The fourth-order valence-electron chi connectivity index (χ4n) is 2.35. The second kappa shape index (κ2) is 16.5. The molecule has 0 rings (SSSR count). The Bertz CT molecular complexity index is 305. The van der Waals surface area contributed by atoms with Gasteiger partial charge in [0.05, 0.1) is 0 Å². The second-order valence-electron chi connectivity index (χ2n) is 5.83. The lowest BCUT2D eigenvalue weighted by Crippen LogP contribution is -2.39. The Kier molecular flexibility index (Phi) is 15.8. The van der Waals surface area contributed by atoms with E-state index in [0.29, 0.717) is 18.1 Å². The summed E-state index contributed by atoms with van der Waals surface area (Å²) < 4.78 is 0. The van der Waals surface area contributed by atoms with E-state index in [9.17, 15) is 4.79 Å². The lowest BCUT2D eigenvalue weighted by molar-refractivity contribution is -0.119. The SMILES string of the molecule is C=CCNC(=S)NC(=O)CCCCCCCCCCCCC. The molecule has 0 fully saturated rings. The van der Waals surface area contributed by atoms with Crippen molar-refractivity contribution in [3.63, 3.8) is 0 Å².